The smallest absolute Gasteiger partial charge is 0.188 e. The average Bonchev–Trinajstić information content (AvgIpc) is 3.28. The molecular weight excluding hydrogens is 366 g/mol. The summed E-state index contributed by atoms with van der Waals surface area (Å²) in [6.45, 7) is 8.55. The molecule has 2 aliphatic heterocycles. The largest absolute Gasteiger partial charge is 0.383 e. The van der Waals surface area contributed by atoms with Gasteiger partial charge in [0.15, 0.2) is 5.79 Å². The van der Waals surface area contributed by atoms with Gasteiger partial charge in [0, 0.05) is 32.0 Å². The Morgan fingerprint density at radius 3 is 2.86 bits per heavy atom. The van der Waals surface area contributed by atoms with Gasteiger partial charge in [0.1, 0.15) is 0 Å². The molecule has 28 heavy (non-hydrogen) atoms. The van der Waals surface area contributed by atoms with Crippen LogP contribution in [0.1, 0.15) is 51.4 Å². The van der Waals surface area contributed by atoms with Crippen molar-refractivity contribution in [3.8, 4) is 11.8 Å². The van der Waals surface area contributed by atoms with E-state index in [9.17, 15) is 0 Å². The number of allylic oxidation sites excluding steroid dienone is 1. The van der Waals surface area contributed by atoms with Gasteiger partial charge in [0.05, 0.1) is 27.9 Å². The van der Waals surface area contributed by atoms with E-state index in [1.807, 2.05) is 7.11 Å². The van der Waals surface area contributed by atoms with Crippen molar-refractivity contribution >= 4 is 8.07 Å². The predicted octanol–water partition coefficient (Wildman–Crippen LogP) is 4.37. The van der Waals surface area contributed by atoms with Crippen molar-refractivity contribution in [2.45, 2.75) is 82.3 Å². The predicted molar refractivity (Wildman–Crippen MR) is 117 cm³/mol. The Balaban J connectivity index is 1.37. The van der Waals surface area contributed by atoms with Crippen LogP contribution in [0.4, 0.5) is 0 Å². The lowest BCUT2D eigenvalue weighted by Crippen LogP contribution is -2.45. The van der Waals surface area contributed by atoms with Gasteiger partial charge in [0.25, 0.3) is 0 Å². The third-order valence-corrected chi connectivity index (χ3v) is 8.60. The summed E-state index contributed by atoms with van der Waals surface area (Å²) in [5, 5.41) is 0. The SMILES string of the molecule is COC[C@@H]1CCCN1C[Si](C)(C)CC#CCCCC1=CC2(CCC1)OCCO2. The Labute approximate surface area is 173 Å². The summed E-state index contributed by atoms with van der Waals surface area (Å²) in [6, 6.07) is 1.74. The lowest BCUT2D eigenvalue weighted by molar-refractivity contribution is -0.125. The van der Waals surface area contributed by atoms with Crippen molar-refractivity contribution in [2.75, 3.05) is 39.6 Å². The van der Waals surface area contributed by atoms with Gasteiger partial charge in [-0.1, -0.05) is 18.7 Å². The molecule has 1 atom stereocenters. The molecule has 0 unspecified atom stereocenters. The van der Waals surface area contributed by atoms with E-state index in [0.29, 0.717) is 6.04 Å². The summed E-state index contributed by atoms with van der Waals surface area (Å²) in [5.41, 5.74) is 1.50. The molecule has 0 N–H and O–H groups in total. The van der Waals surface area contributed by atoms with Gasteiger partial charge in [-0.25, -0.2) is 0 Å². The van der Waals surface area contributed by atoms with Crippen LogP contribution >= 0.6 is 0 Å². The molecule has 4 nitrogen and oxygen atoms in total. The van der Waals surface area contributed by atoms with Crippen LogP contribution in [-0.4, -0.2) is 64.4 Å². The van der Waals surface area contributed by atoms with E-state index in [0.717, 1.165) is 51.5 Å². The number of unbranched alkanes of at least 4 members (excludes halogenated alkanes) is 1. The molecule has 0 bridgehead atoms. The molecule has 0 aromatic heterocycles. The maximum atomic E-state index is 5.84. The van der Waals surface area contributed by atoms with E-state index in [1.54, 1.807) is 0 Å². The molecule has 3 aliphatic rings. The van der Waals surface area contributed by atoms with Crippen molar-refractivity contribution < 1.29 is 14.2 Å². The molecule has 2 fully saturated rings. The first kappa shape index (κ1) is 22.1. The summed E-state index contributed by atoms with van der Waals surface area (Å²) in [5.74, 6) is 6.59. The Bertz CT molecular complexity index is 586. The van der Waals surface area contributed by atoms with Gasteiger partial charge in [-0.3, -0.25) is 0 Å². The summed E-state index contributed by atoms with van der Waals surface area (Å²) >= 11 is 0. The molecule has 2 heterocycles. The normalized spacial score (nSPS) is 25.0. The lowest BCUT2D eigenvalue weighted by Gasteiger charge is -2.31. The summed E-state index contributed by atoms with van der Waals surface area (Å²) in [4.78, 5) is 2.66. The summed E-state index contributed by atoms with van der Waals surface area (Å²) < 4.78 is 17.1. The molecule has 0 amide bonds. The fraction of sp³-hybridized carbons (Fsp3) is 0.826. The standard InChI is InChI=1S/C23H39NO3Si/c1-25-19-22-12-9-14-24(22)20-28(2,3)17-7-5-4-6-10-21-11-8-13-23(18-21)26-15-16-27-23/h18,22H,4,6,8-17,19-20H2,1-3H3/t22-/m0/s1. The molecule has 0 aromatic carbocycles. The van der Waals surface area contributed by atoms with Crippen LogP contribution in [0.2, 0.25) is 19.1 Å². The fourth-order valence-corrected chi connectivity index (χ4v) is 7.03. The summed E-state index contributed by atoms with van der Waals surface area (Å²) in [7, 11) is 0.520. The average molecular weight is 406 g/mol. The number of nitrogens with zero attached hydrogens (tertiary/aromatic N) is 1. The van der Waals surface area contributed by atoms with Gasteiger partial charge < -0.3 is 19.1 Å². The van der Waals surface area contributed by atoms with E-state index in [1.165, 1.54) is 44.0 Å². The highest BCUT2D eigenvalue weighted by molar-refractivity contribution is 6.78. The maximum Gasteiger partial charge on any atom is 0.188 e. The van der Waals surface area contributed by atoms with Gasteiger partial charge in [-0.15, -0.1) is 11.8 Å². The number of ether oxygens (including phenoxy) is 3. The van der Waals surface area contributed by atoms with E-state index >= 15 is 0 Å². The minimum absolute atomic E-state index is 0.384. The Kier molecular flexibility index (Phi) is 8.19. The molecule has 158 valence electrons. The van der Waals surface area contributed by atoms with Crippen LogP contribution in [0.15, 0.2) is 11.6 Å². The third-order valence-electron chi connectivity index (χ3n) is 6.20. The number of hydrogen-bond acceptors (Lipinski definition) is 4. The highest BCUT2D eigenvalue weighted by Crippen LogP contribution is 2.35. The van der Waals surface area contributed by atoms with Crippen molar-refractivity contribution in [1.29, 1.82) is 0 Å². The highest BCUT2D eigenvalue weighted by Gasteiger charge is 2.36. The van der Waals surface area contributed by atoms with Gasteiger partial charge >= 0.3 is 0 Å². The minimum Gasteiger partial charge on any atom is -0.383 e. The first-order valence-corrected chi connectivity index (χ1v) is 14.6. The van der Waals surface area contributed by atoms with E-state index < -0.39 is 8.07 Å². The van der Waals surface area contributed by atoms with Crippen molar-refractivity contribution in [3.05, 3.63) is 11.6 Å². The molecule has 0 saturated carbocycles. The topological polar surface area (TPSA) is 30.9 Å². The van der Waals surface area contributed by atoms with Crippen LogP contribution < -0.4 is 0 Å². The zero-order valence-electron chi connectivity index (χ0n) is 18.2. The second-order valence-electron chi connectivity index (χ2n) is 9.43. The second-order valence-corrected chi connectivity index (χ2v) is 14.4. The van der Waals surface area contributed by atoms with Gasteiger partial charge in [-0.05, 0) is 57.3 Å². The van der Waals surface area contributed by atoms with E-state index in [4.69, 9.17) is 14.2 Å². The van der Waals surface area contributed by atoms with E-state index in [-0.39, 0.29) is 5.79 Å². The molecule has 2 saturated heterocycles. The third kappa shape index (κ3) is 6.43. The monoisotopic (exact) mass is 405 g/mol. The molecule has 3 rings (SSSR count). The first-order valence-electron chi connectivity index (χ1n) is 11.2. The number of hydrogen-bond donors (Lipinski definition) is 0. The Hall–Kier alpha value is -0.643. The number of methoxy groups -OCH3 is 1. The number of likely N-dealkylation sites (tertiary alicyclic amines) is 1. The molecule has 0 aromatic rings. The molecule has 1 aliphatic carbocycles. The van der Waals surface area contributed by atoms with Crippen LogP contribution in [-0.2, 0) is 14.2 Å². The molecular formula is C23H39NO3Si. The molecule has 1 spiro atoms. The lowest BCUT2D eigenvalue weighted by atomic mass is 9.91. The zero-order chi connectivity index (χ0) is 19.9. The zero-order valence-corrected chi connectivity index (χ0v) is 19.2. The van der Waals surface area contributed by atoms with E-state index in [2.05, 4.69) is 35.9 Å². The highest BCUT2D eigenvalue weighted by atomic mass is 28.3. The van der Waals surface area contributed by atoms with Crippen molar-refractivity contribution in [1.82, 2.24) is 4.90 Å². The molecule has 0 radical (unpaired) electrons. The fourth-order valence-electron chi connectivity index (χ4n) is 4.80. The van der Waals surface area contributed by atoms with Gasteiger partial charge in [0.2, 0.25) is 0 Å². The summed E-state index contributed by atoms with van der Waals surface area (Å²) in [6.07, 6.45) is 12.8. The second kappa shape index (κ2) is 10.4. The minimum atomic E-state index is -1.30. The van der Waals surface area contributed by atoms with Crippen LogP contribution in [0.25, 0.3) is 0 Å². The van der Waals surface area contributed by atoms with Crippen molar-refractivity contribution in [2.24, 2.45) is 0 Å². The van der Waals surface area contributed by atoms with Crippen LogP contribution in [0, 0.1) is 11.8 Å². The Morgan fingerprint density at radius 2 is 2.07 bits per heavy atom. The van der Waals surface area contributed by atoms with Gasteiger partial charge in [-0.2, -0.15) is 0 Å². The first-order chi connectivity index (χ1) is 13.5. The maximum absolute atomic E-state index is 5.84. The quantitative estimate of drug-likeness (QED) is 0.260. The van der Waals surface area contributed by atoms with Crippen LogP contribution in [0.5, 0.6) is 0 Å². The number of rotatable bonds is 8. The van der Waals surface area contributed by atoms with Crippen molar-refractivity contribution in [3.63, 3.8) is 0 Å². The Morgan fingerprint density at radius 1 is 1.25 bits per heavy atom. The van der Waals surface area contributed by atoms with Crippen LogP contribution in [0.3, 0.4) is 0 Å². The molecule has 5 heteroatoms.